The maximum absolute atomic E-state index is 14.0. The zero-order valence-electron chi connectivity index (χ0n) is 22.2. The van der Waals surface area contributed by atoms with E-state index in [0.29, 0.717) is 32.0 Å². The van der Waals surface area contributed by atoms with Crippen LogP contribution in [0.25, 0.3) is 6.08 Å². The van der Waals surface area contributed by atoms with Gasteiger partial charge in [0.15, 0.2) is 0 Å². The summed E-state index contributed by atoms with van der Waals surface area (Å²) in [5.41, 5.74) is 3.68. The lowest BCUT2D eigenvalue weighted by Gasteiger charge is -2.30. The second-order valence-electron chi connectivity index (χ2n) is 10.4. The number of hydrogen-bond acceptors (Lipinski definition) is 6. The van der Waals surface area contributed by atoms with Gasteiger partial charge < -0.3 is 9.64 Å². The SMILES string of the molecule is O=C(c1ccc(N2CCOCC2)c([N+](=O)[O-])c1)N1N=C2/C(=C/c3ccc(F)cc3)CCCC2C1c1ccc(F)cc1. The Morgan fingerprint density at radius 1 is 1.00 bits per heavy atom. The number of amides is 1. The zero-order valence-corrected chi connectivity index (χ0v) is 22.2. The number of rotatable bonds is 5. The molecule has 1 aliphatic carbocycles. The molecule has 1 saturated carbocycles. The number of ether oxygens (including phenoxy) is 1. The first-order chi connectivity index (χ1) is 19.9. The van der Waals surface area contributed by atoms with Crippen molar-refractivity contribution in [2.75, 3.05) is 31.2 Å². The molecule has 2 heterocycles. The van der Waals surface area contributed by atoms with E-state index < -0.39 is 16.9 Å². The molecule has 6 rings (SSSR count). The van der Waals surface area contributed by atoms with Crippen LogP contribution in [0.3, 0.4) is 0 Å². The molecule has 0 N–H and O–H groups in total. The molecule has 0 aromatic heterocycles. The standard InChI is InChI=1S/C31H28F2N4O4/c32-24-9-4-20(5-10-24)18-22-2-1-3-26-29(22)34-36(30(26)21-6-11-25(33)12-7-21)31(38)23-8-13-27(28(19-23)37(39)40)35-14-16-41-17-15-35/h4-13,18-19,26,30H,1-3,14-17H2/b22-18+. The molecule has 0 bridgehead atoms. The number of morpholine rings is 1. The van der Waals surface area contributed by atoms with Crippen LogP contribution in [0.5, 0.6) is 0 Å². The number of carbonyl (C=O) groups is 1. The van der Waals surface area contributed by atoms with Gasteiger partial charge in [0.2, 0.25) is 0 Å². The van der Waals surface area contributed by atoms with Gasteiger partial charge in [-0.2, -0.15) is 5.10 Å². The number of fused-ring (bicyclic) bond motifs is 1. The van der Waals surface area contributed by atoms with Crippen LogP contribution in [0.15, 0.2) is 77.4 Å². The third-order valence-corrected chi connectivity index (χ3v) is 7.90. The van der Waals surface area contributed by atoms with E-state index >= 15 is 0 Å². The van der Waals surface area contributed by atoms with E-state index in [2.05, 4.69) is 0 Å². The molecule has 0 spiro atoms. The minimum absolute atomic E-state index is 0.146. The van der Waals surface area contributed by atoms with Gasteiger partial charge in [-0.25, -0.2) is 13.8 Å². The van der Waals surface area contributed by atoms with Crippen molar-refractivity contribution in [2.45, 2.75) is 25.3 Å². The highest BCUT2D eigenvalue weighted by molar-refractivity contribution is 6.09. The van der Waals surface area contributed by atoms with Gasteiger partial charge in [-0.15, -0.1) is 0 Å². The summed E-state index contributed by atoms with van der Waals surface area (Å²) in [5, 5.41) is 18.3. The molecule has 41 heavy (non-hydrogen) atoms. The summed E-state index contributed by atoms with van der Waals surface area (Å²) in [5.74, 6) is -1.33. The van der Waals surface area contributed by atoms with Gasteiger partial charge in [-0.05, 0) is 78.4 Å². The minimum Gasteiger partial charge on any atom is -0.378 e. The summed E-state index contributed by atoms with van der Waals surface area (Å²) < 4.78 is 32.7. The summed E-state index contributed by atoms with van der Waals surface area (Å²) >= 11 is 0. The topological polar surface area (TPSA) is 88.3 Å². The summed E-state index contributed by atoms with van der Waals surface area (Å²) in [7, 11) is 0. The number of hydrazone groups is 1. The highest BCUT2D eigenvalue weighted by atomic mass is 19.1. The van der Waals surface area contributed by atoms with E-state index in [1.165, 1.54) is 35.3 Å². The number of anilines is 1. The fraction of sp³-hybridized carbons (Fsp3) is 0.290. The molecule has 0 radical (unpaired) electrons. The number of carbonyl (C=O) groups excluding carboxylic acids is 1. The van der Waals surface area contributed by atoms with Gasteiger partial charge in [0.1, 0.15) is 17.3 Å². The van der Waals surface area contributed by atoms with Crippen LogP contribution in [0.1, 0.15) is 46.8 Å². The number of halogens is 2. The van der Waals surface area contributed by atoms with Crippen molar-refractivity contribution in [3.8, 4) is 0 Å². The molecular weight excluding hydrogens is 530 g/mol. The third-order valence-electron chi connectivity index (χ3n) is 7.90. The van der Waals surface area contributed by atoms with Crippen LogP contribution in [0, 0.1) is 27.7 Å². The van der Waals surface area contributed by atoms with Crippen molar-refractivity contribution in [2.24, 2.45) is 11.0 Å². The zero-order chi connectivity index (χ0) is 28.5. The third kappa shape index (κ3) is 5.35. The van der Waals surface area contributed by atoms with Gasteiger partial charge in [0, 0.05) is 30.6 Å². The van der Waals surface area contributed by atoms with E-state index in [1.54, 1.807) is 36.4 Å². The fourth-order valence-corrected chi connectivity index (χ4v) is 5.93. The Balaban J connectivity index is 1.40. The Morgan fingerprint density at radius 2 is 1.68 bits per heavy atom. The molecule has 1 saturated heterocycles. The van der Waals surface area contributed by atoms with Crippen LogP contribution in [0.4, 0.5) is 20.2 Å². The second kappa shape index (κ2) is 11.2. The molecule has 10 heteroatoms. The first kappa shape index (κ1) is 26.8. The first-order valence-corrected chi connectivity index (χ1v) is 13.6. The predicted octanol–water partition coefficient (Wildman–Crippen LogP) is 6.15. The maximum atomic E-state index is 14.0. The number of nitro groups is 1. The highest BCUT2D eigenvalue weighted by Gasteiger charge is 2.44. The minimum atomic E-state index is -0.506. The van der Waals surface area contributed by atoms with Crippen molar-refractivity contribution in [3.05, 3.63) is 111 Å². The maximum Gasteiger partial charge on any atom is 0.293 e. The largest absolute Gasteiger partial charge is 0.378 e. The number of nitrogens with zero attached hydrogens (tertiary/aromatic N) is 4. The molecule has 2 atom stereocenters. The molecule has 3 aromatic carbocycles. The average molecular weight is 559 g/mol. The quantitative estimate of drug-likeness (QED) is 0.277. The molecule has 1 amide bonds. The summed E-state index contributed by atoms with van der Waals surface area (Å²) in [6.45, 7) is 1.98. The normalized spacial score (nSPS) is 21.5. The molecule has 210 valence electrons. The Kier molecular flexibility index (Phi) is 7.32. The number of benzene rings is 3. The smallest absolute Gasteiger partial charge is 0.293 e. The Morgan fingerprint density at radius 3 is 2.37 bits per heavy atom. The lowest BCUT2D eigenvalue weighted by molar-refractivity contribution is -0.384. The van der Waals surface area contributed by atoms with Gasteiger partial charge in [0.25, 0.3) is 11.6 Å². The molecule has 2 unspecified atom stereocenters. The summed E-state index contributed by atoms with van der Waals surface area (Å²) in [4.78, 5) is 27.5. The van der Waals surface area contributed by atoms with Gasteiger partial charge in [0.05, 0.1) is 29.9 Å². The second-order valence-corrected chi connectivity index (χ2v) is 10.4. The number of allylic oxidation sites excluding steroid dienone is 1. The Hall–Kier alpha value is -4.44. The molecule has 8 nitrogen and oxygen atoms in total. The van der Waals surface area contributed by atoms with E-state index in [1.807, 2.05) is 11.0 Å². The van der Waals surface area contributed by atoms with Crippen molar-refractivity contribution in [1.82, 2.24) is 5.01 Å². The highest BCUT2D eigenvalue weighted by Crippen LogP contribution is 2.45. The Bertz CT molecular complexity index is 1530. The van der Waals surface area contributed by atoms with Crippen molar-refractivity contribution < 1.29 is 23.2 Å². The van der Waals surface area contributed by atoms with Crippen molar-refractivity contribution >= 4 is 29.1 Å². The van der Waals surface area contributed by atoms with Gasteiger partial charge in [-0.1, -0.05) is 24.3 Å². The molecule has 3 aliphatic rings. The summed E-state index contributed by atoms with van der Waals surface area (Å²) in [6.07, 6.45) is 4.32. The lowest BCUT2D eigenvalue weighted by Crippen LogP contribution is -2.36. The van der Waals surface area contributed by atoms with Crippen LogP contribution in [-0.2, 0) is 4.74 Å². The predicted molar refractivity (Wildman–Crippen MR) is 151 cm³/mol. The molecular formula is C31H28F2N4O4. The summed E-state index contributed by atoms with van der Waals surface area (Å²) in [6, 6.07) is 16.2. The van der Waals surface area contributed by atoms with Crippen molar-refractivity contribution in [1.29, 1.82) is 0 Å². The number of hydrogen-bond donors (Lipinski definition) is 0. The van der Waals surface area contributed by atoms with E-state index in [-0.39, 0.29) is 28.8 Å². The molecule has 3 aromatic rings. The van der Waals surface area contributed by atoms with Crippen molar-refractivity contribution in [3.63, 3.8) is 0 Å². The molecule has 2 fully saturated rings. The van der Waals surface area contributed by atoms with E-state index in [0.717, 1.165) is 41.7 Å². The average Bonchev–Trinajstić information content (AvgIpc) is 3.39. The van der Waals surface area contributed by atoms with Crippen LogP contribution >= 0.6 is 0 Å². The van der Waals surface area contributed by atoms with Gasteiger partial charge >= 0.3 is 0 Å². The van der Waals surface area contributed by atoms with Crippen LogP contribution in [-0.4, -0.2) is 47.9 Å². The van der Waals surface area contributed by atoms with Crippen LogP contribution in [0.2, 0.25) is 0 Å². The first-order valence-electron chi connectivity index (χ1n) is 13.6. The molecule has 2 aliphatic heterocycles. The van der Waals surface area contributed by atoms with E-state index in [4.69, 9.17) is 9.84 Å². The lowest BCUT2D eigenvalue weighted by atomic mass is 9.77. The monoisotopic (exact) mass is 558 g/mol. The van der Waals surface area contributed by atoms with E-state index in [9.17, 15) is 23.7 Å². The van der Waals surface area contributed by atoms with Gasteiger partial charge in [-0.3, -0.25) is 14.9 Å². The Labute approximate surface area is 235 Å². The van der Waals surface area contributed by atoms with Crippen LogP contribution < -0.4 is 4.90 Å². The number of nitro benzene ring substituents is 1. The fourth-order valence-electron chi connectivity index (χ4n) is 5.93.